The molecular weight excluding hydrogens is 262 g/mol. The summed E-state index contributed by atoms with van der Waals surface area (Å²) in [6, 6.07) is 0. The van der Waals surface area contributed by atoms with E-state index in [1.165, 1.54) is 6.33 Å². The van der Waals surface area contributed by atoms with Crippen molar-refractivity contribution in [3.8, 4) is 0 Å². The fourth-order valence-corrected chi connectivity index (χ4v) is 1.45. The van der Waals surface area contributed by atoms with Gasteiger partial charge in [0.25, 0.3) is 5.56 Å². The van der Waals surface area contributed by atoms with Crippen LogP contribution in [0.2, 0.25) is 0 Å². The number of hydrogen-bond donors (Lipinski definition) is 3. The number of aromatic amines is 1. The molecule has 0 aromatic carbocycles. The molecule has 0 saturated heterocycles. The van der Waals surface area contributed by atoms with Gasteiger partial charge in [-0.05, 0) is 36.2 Å². The lowest BCUT2D eigenvalue weighted by Gasteiger charge is -2.26. The number of H-pyrrole nitrogens is 1. The molecule has 0 bridgehead atoms. The minimum absolute atomic E-state index is 0.0841. The van der Waals surface area contributed by atoms with E-state index in [0.29, 0.717) is 16.7 Å². The van der Waals surface area contributed by atoms with Crippen molar-refractivity contribution in [2.24, 2.45) is 0 Å². The summed E-state index contributed by atoms with van der Waals surface area (Å²) in [4.78, 5) is 17.7. The highest BCUT2D eigenvalue weighted by Gasteiger charge is 2.19. The summed E-state index contributed by atoms with van der Waals surface area (Å²) >= 11 is 3.15. The van der Waals surface area contributed by atoms with Crippen LogP contribution in [0.5, 0.6) is 0 Å². The number of aliphatic hydroxyl groups is 1. The van der Waals surface area contributed by atoms with Crippen LogP contribution in [0.4, 0.5) is 5.82 Å². The van der Waals surface area contributed by atoms with Crippen molar-refractivity contribution in [1.82, 2.24) is 9.97 Å². The van der Waals surface area contributed by atoms with E-state index in [9.17, 15) is 4.79 Å². The molecule has 0 aliphatic rings. The number of nitrogens with zero attached hydrogens (tertiary/aromatic N) is 1. The molecule has 1 rings (SSSR count). The zero-order valence-electron chi connectivity index (χ0n) is 8.67. The molecular formula is C9H14BrN3O2. The molecule has 6 heteroatoms. The minimum Gasteiger partial charge on any atom is -0.396 e. The quantitative estimate of drug-likeness (QED) is 0.769. The maximum atomic E-state index is 11.3. The van der Waals surface area contributed by atoms with Gasteiger partial charge in [0.2, 0.25) is 0 Å². The Kier molecular flexibility index (Phi) is 3.87. The number of nitrogens with one attached hydrogen (secondary N) is 2. The molecule has 1 aromatic rings. The Hall–Kier alpha value is -0.880. The molecule has 0 spiro atoms. The van der Waals surface area contributed by atoms with Gasteiger partial charge in [-0.15, -0.1) is 0 Å². The van der Waals surface area contributed by atoms with Crippen LogP contribution in [-0.4, -0.2) is 27.2 Å². The van der Waals surface area contributed by atoms with Crippen molar-refractivity contribution < 1.29 is 5.11 Å². The minimum atomic E-state index is -0.307. The highest BCUT2D eigenvalue weighted by Crippen LogP contribution is 2.20. The lowest BCUT2D eigenvalue weighted by atomic mass is 10.0. The van der Waals surface area contributed by atoms with E-state index in [-0.39, 0.29) is 17.7 Å². The standard InChI is InChI=1S/C9H14BrN3O2/c1-9(2,3-4-14)13-7-6(10)8(15)12-5-11-7/h5,14H,3-4H2,1-2H3,(H2,11,12,13,15). The molecule has 0 aliphatic heterocycles. The predicted octanol–water partition coefficient (Wildman–Crippen LogP) is 1.11. The maximum absolute atomic E-state index is 11.3. The summed E-state index contributed by atoms with van der Waals surface area (Å²) in [7, 11) is 0. The third-order valence-electron chi connectivity index (χ3n) is 1.99. The van der Waals surface area contributed by atoms with Crippen LogP contribution in [0.1, 0.15) is 20.3 Å². The second kappa shape index (κ2) is 4.76. The van der Waals surface area contributed by atoms with Crippen LogP contribution in [0.15, 0.2) is 15.6 Å². The topological polar surface area (TPSA) is 78.0 Å². The maximum Gasteiger partial charge on any atom is 0.267 e. The summed E-state index contributed by atoms with van der Waals surface area (Å²) in [5.41, 5.74) is -0.537. The van der Waals surface area contributed by atoms with E-state index < -0.39 is 0 Å². The van der Waals surface area contributed by atoms with Crippen molar-refractivity contribution in [2.75, 3.05) is 11.9 Å². The summed E-state index contributed by atoms with van der Waals surface area (Å²) in [6.45, 7) is 3.94. The van der Waals surface area contributed by atoms with Gasteiger partial charge < -0.3 is 15.4 Å². The van der Waals surface area contributed by atoms with Crippen molar-refractivity contribution in [3.05, 3.63) is 21.2 Å². The Balaban J connectivity index is 2.90. The van der Waals surface area contributed by atoms with E-state index in [0.717, 1.165) is 0 Å². The summed E-state index contributed by atoms with van der Waals surface area (Å²) < 4.78 is 0.371. The number of rotatable bonds is 4. The molecule has 0 radical (unpaired) electrons. The average Bonchev–Trinajstić information content (AvgIpc) is 2.12. The second-order valence-electron chi connectivity index (χ2n) is 3.88. The zero-order valence-corrected chi connectivity index (χ0v) is 10.3. The normalized spacial score (nSPS) is 11.5. The van der Waals surface area contributed by atoms with Crippen LogP contribution in [0.3, 0.4) is 0 Å². The molecule has 5 nitrogen and oxygen atoms in total. The van der Waals surface area contributed by atoms with Gasteiger partial charge in [-0.1, -0.05) is 0 Å². The smallest absolute Gasteiger partial charge is 0.267 e. The third-order valence-corrected chi connectivity index (χ3v) is 2.73. The third kappa shape index (κ3) is 3.32. The lowest BCUT2D eigenvalue weighted by molar-refractivity contribution is 0.260. The highest BCUT2D eigenvalue weighted by molar-refractivity contribution is 9.10. The molecule has 0 atom stereocenters. The van der Waals surface area contributed by atoms with E-state index in [4.69, 9.17) is 5.11 Å². The summed E-state index contributed by atoms with van der Waals surface area (Å²) in [5.74, 6) is 0.484. The first-order valence-corrected chi connectivity index (χ1v) is 5.38. The Morgan fingerprint density at radius 3 is 2.93 bits per heavy atom. The monoisotopic (exact) mass is 275 g/mol. The lowest BCUT2D eigenvalue weighted by Crippen LogP contribution is -2.33. The van der Waals surface area contributed by atoms with Crippen LogP contribution in [0, 0.1) is 0 Å². The molecule has 0 saturated carbocycles. The summed E-state index contributed by atoms with van der Waals surface area (Å²) in [6.07, 6.45) is 1.92. The number of hydrogen-bond acceptors (Lipinski definition) is 4. The van der Waals surface area contributed by atoms with E-state index in [2.05, 4.69) is 31.2 Å². The van der Waals surface area contributed by atoms with Crippen molar-refractivity contribution in [1.29, 1.82) is 0 Å². The SMILES string of the molecule is CC(C)(CCO)Nc1nc[nH]c(=O)c1Br. The first-order valence-electron chi connectivity index (χ1n) is 4.58. The molecule has 0 amide bonds. The van der Waals surface area contributed by atoms with Crippen LogP contribution in [0.25, 0.3) is 0 Å². The van der Waals surface area contributed by atoms with E-state index in [1.807, 2.05) is 13.8 Å². The molecule has 0 unspecified atom stereocenters. The molecule has 0 aliphatic carbocycles. The largest absolute Gasteiger partial charge is 0.396 e. The van der Waals surface area contributed by atoms with Crippen LogP contribution >= 0.6 is 15.9 Å². The molecule has 0 fully saturated rings. The molecule has 15 heavy (non-hydrogen) atoms. The van der Waals surface area contributed by atoms with Gasteiger partial charge >= 0.3 is 0 Å². The highest BCUT2D eigenvalue weighted by atomic mass is 79.9. The fourth-order valence-electron chi connectivity index (χ4n) is 1.13. The molecule has 3 N–H and O–H groups in total. The summed E-state index contributed by atoms with van der Waals surface area (Å²) in [5, 5.41) is 12.0. The Morgan fingerprint density at radius 2 is 2.33 bits per heavy atom. The molecule has 1 aromatic heterocycles. The number of anilines is 1. The van der Waals surface area contributed by atoms with Gasteiger partial charge in [0, 0.05) is 12.1 Å². The Morgan fingerprint density at radius 1 is 1.67 bits per heavy atom. The number of aromatic nitrogens is 2. The van der Waals surface area contributed by atoms with Crippen LogP contribution in [-0.2, 0) is 0 Å². The first kappa shape index (κ1) is 12.2. The van der Waals surface area contributed by atoms with Gasteiger partial charge in [-0.3, -0.25) is 4.79 Å². The van der Waals surface area contributed by atoms with Crippen LogP contribution < -0.4 is 10.9 Å². The molecule has 84 valence electrons. The number of aliphatic hydroxyl groups excluding tert-OH is 1. The van der Waals surface area contributed by atoms with Gasteiger partial charge in [-0.2, -0.15) is 0 Å². The van der Waals surface area contributed by atoms with Gasteiger partial charge in [0.1, 0.15) is 10.3 Å². The fraction of sp³-hybridized carbons (Fsp3) is 0.556. The Bertz CT molecular complexity index is 389. The average molecular weight is 276 g/mol. The van der Waals surface area contributed by atoms with E-state index >= 15 is 0 Å². The van der Waals surface area contributed by atoms with Crippen molar-refractivity contribution >= 4 is 21.7 Å². The Labute approximate surface area is 96.1 Å². The number of halogens is 1. The van der Waals surface area contributed by atoms with Gasteiger partial charge in [0.15, 0.2) is 0 Å². The van der Waals surface area contributed by atoms with Gasteiger partial charge in [0.05, 0.1) is 6.33 Å². The predicted molar refractivity (Wildman–Crippen MR) is 62.0 cm³/mol. The van der Waals surface area contributed by atoms with E-state index in [1.54, 1.807) is 0 Å². The second-order valence-corrected chi connectivity index (χ2v) is 4.67. The first-order chi connectivity index (χ1) is 6.96. The van der Waals surface area contributed by atoms with Crippen molar-refractivity contribution in [2.45, 2.75) is 25.8 Å². The van der Waals surface area contributed by atoms with Crippen molar-refractivity contribution in [3.63, 3.8) is 0 Å². The molecule has 1 heterocycles. The zero-order chi connectivity index (χ0) is 11.5. The van der Waals surface area contributed by atoms with Gasteiger partial charge in [-0.25, -0.2) is 4.98 Å².